The second-order valence-corrected chi connectivity index (χ2v) is 8.24. The van der Waals surface area contributed by atoms with E-state index in [1.807, 2.05) is 0 Å². The molecule has 2 saturated heterocycles. The lowest BCUT2D eigenvalue weighted by Crippen LogP contribution is -2.48. The van der Waals surface area contributed by atoms with Crippen LogP contribution in [-0.4, -0.2) is 53.5 Å². The summed E-state index contributed by atoms with van der Waals surface area (Å²) < 4.78 is 0. The number of aryl methyl sites for hydroxylation is 2. The third kappa shape index (κ3) is 3.35. The highest BCUT2D eigenvalue weighted by atomic mass is 32.1. The number of amides is 1. The summed E-state index contributed by atoms with van der Waals surface area (Å²) in [5.41, 5.74) is 1.24. The number of anilines is 1. The van der Waals surface area contributed by atoms with Gasteiger partial charge in [-0.25, -0.2) is 9.97 Å². The fraction of sp³-hybridized carbons (Fsp3) is 0.611. The van der Waals surface area contributed by atoms with Crippen LogP contribution in [0.5, 0.6) is 0 Å². The van der Waals surface area contributed by atoms with Crippen LogP contribution in [0.4, 0.5) is 5.82 Å². The molecule has 0 aliphatic carbocycles. The Morgan fingerprint density at radius 1 is 1.12 bits per heavy atom. The quantitative estimate of drug-likeness (QED) is 0.911. The normalized spacial score (nSPS) is 19.4. The Hall–Kier alpha value is -1.73. The van der Waals surface area contributed by atoms with Crippen LogP contribution in [0.2, 0.25) is 0 Å². The summed E-state index contributed by atoms with van der Waals surface area (Å²) in [6.07, 6.45) is 3.85. The Bertz CT molecular complexity index is 796. The van der Waals surface area contributed by atoms with Gasteiger partial charge in [-0.3, -0.25) is 9.69 Å². The van der Waals surface area contributed by atoms with Crippen molar-refractivity contribution in [2.45, 2.75) is 39.7 Å². The largest absolute Gasteiger partial charge is 0.353 e. The lowest BCUT2D eigenvalue weighted by molar-refractivity contribution is -0.120. The standard InChI is InChI=1S/C18H25N5OS/c1-12-13(2)25-18-16(12)17(23-9-6-19-15(24)11-23)20-14(21-18)10-22-7-4-3-5-8-22/h3-11H2,1-2H3,(H,19,24). The predicted molar refractivity (Wildman–Crippen MR) is 101 cm³/mol. The summed E-state index contributed by atoms with van der Waals surface area (Å²) in [6, 6.07) is 0. The maximum absolute atomic E-state index is 11.9. The van der Waals surface area contributed by atoms with Gasteiger partial charge in [-0.05, 0) is 45.3 Å². The lowest BCUT2D eigenvalue weighted by Gasteiger charge is -2.29. The van der Waals surface area contributed by atoms with E-state index in [4.69, 9.17) is 9.97 Å². The van der Waals surface area contributed by atoms with E-state index >= 15 is 0 Å². The van der Waals surface area contributed by atoms with Crippen LogP contribution in [0.15, 0.2) is 0 Å². The molecular formula is C18H25N5OS. The van der Waals surface area contributed by atoms with Crippen molar-refractivity contribution in [1.82, 2.24) is 20.2 Å². The van der Waals surface area contributed by atoms with Gasteiger partial charge in [0.1, 0.15) is 16.5 Å². The van der Waals surface area contributed by atoms with Crippen LogP contribution in [0.1, 0.15) is 35.5 Å². The van der Waals surface area contributed by atoms with Crippen LogP contribution in [0.3, 0.4) is 0 Å². The van der Waals surface area contributed by atoms with Gasteiger partial charge in [0.05, 0.1) is 18.5 Å². The molecule has 0 aromatic carbocycles. The maximum atomic E-state index is 11.9. The molecule has 134 valence electrons. The third-order valence-corrected chi connectivity index (χ3v) is 6.31. The molecular weight excluding hydrogens is 334 g/mol. The molecule has 2 aliphatic heterocycles. The van der Waals surface area contributed by atoms with Gasteiger partial charge in [0.15, 0.2) is 0 Å². The van der Waals surface area contributed by atoms with Gasteiger partial charge in [0, 0.05) is 18.0 Å². The fourth-order valence-corrected chi connectivity index (χ4v) is 4.75. The molecule has 2 aromatic heterocycles. The molecule has 0 atom stereocenters. The Kier molecular flexibility index (Phi) is 4.60. The van der Waals surface area contributed by atoms with Crippen molar-refractivity contribution in [1.29, 1.82) is 0 Å². The van der Waals surface area contributed by atoms with Crippen molar-refractivity contribution in [2.24, 2.45) is 0 Å². The highest BCUT2D eigenvalue weighted by Gasteiger charge is 2.24. The third-order valence-electron chi connectivity index (χ3n) is 5.21. The van der Waals surface area contributed by atoms with E-state index in [0.29, 0.717) is 13.1 Å². The second-order valence-electron chi connectivity index (χ2n) is 7.04. The number of thiophene rings is 1. The number of likely N-dealkylation sites (tertiary alicyclic amines) is 1. The second kappa shape index (κ2) is 6.88. The topological polar surface area (TPSA) is 61.4 Å². The molecule has 2 aromatic rings. The van der Waals surface area contributed by atoms with Crippen molar-refractivity contribution in [2.75, 3.05) is 37.6 Å². The number of aromatic nitrogens is 2. The fourth-order valence-electron chi connectivity index (χ4n) is 3.71. The number of nitrogens with zero attached hydrogens (tertiary/aromatic N) is 4. The van der Waals surface area contributed by atoms with Crippen molar-refractivity contribution in [3.05, 3.63) is 16.3 Å². The molecule has 2 aliphatic rings. The summed E-state index contributed by atoms with van der Waals surface area (Å²) in [6.45, 7) is 9.19. The van der Waals surface area contributed by atoms with Crippen molar-refractivity contribution in [3.8, 4) is 0 Å². The van der Waals surface area contributed by atoms with Gasteiger partial charge in [-0.1, -0.05) is 6.42 Å². The van der Waals surface area contributed by atoms with Crippen LogP contribution >= 0.6 is 11.3 Å². The number of piperidine rings is 1. The summed E-state index contributed by atoms with van der Waals surface area (Å²) in [5.74, 6) is 1.89. The minimum Gasteiger partial charge on any atom is -0.353 e. The van der Waals surface area contributed by atoms with Crippen LogP contribution in [0.25, 0.3) is 10.2 Å². The first-order valence-corrected chi connectivity index (χ1v) is 9.94. The minimum absolute atomic E-state index is 0.0696. The number of hydrogen-bond acceptors (Lipinski definition) is 6. The Labute approximate surface area is 152 Å². The van der Waals surface area contributed by atoms with Gasteiger partial charge >= 0.3 is 0 Å². The van der Waals surface area contributed by atoms with Gasteiger partial charge in [0.2, 0.25) is 5.91 Å². The number of carbonyl (C=O) groups is 1. The molecule has 0 saturated carbocycles. The molecule has 4 rings (SSSR count). The number of carbonyl (C=O) groups excluding carboxylic acids is 1. The van der Waals surface area contributed by atoms with Crippen molar-refractivity contribution >= 4 is 33.3 Å². The first-order chi connectivity index (χ1) is 12.1. The van der Waals surface area contributed by atoms with E-state index in [9.17, 15) is 4.79 Å². The summed E-state index contributed by atoms with van der Waals surface area (Å²) >= 11 is 1.74. The Morgan fingerprint density at radius 2 is 1.92 bits per heavy atom. The van der Waals surface area contributed by atoms with Gasteiger partial charge in [0.25, 0.3) is 0 Å². The van der Waals surface area contributed by atoms with Gasteiger partial charge in [-0.2, -0.15) is 0 Å². The number of piperazine rings is 1. The predicted octanol–water partition coefficient (Wildman–Crippen LogP) is 2.23. The minimum atomic E-state index is 0.0696. The molecule has 7 heteroatoms. The molecule has 1 N–H and O–H groups in total. The molecule has 6 nitrogen and oxygen atoms in total. The molecule has 0 unspecified atom stereocenters. The number of rotatable bonds is 3. The number of nitrogens with one attached hydrogen (secondary N) is 1. The average Bonchev–Trinajstić information content (AvgIpc) is 2.89. The van der Waals surface area contributed by atoms with E-state index in [1.54, 1.807) is 11.3 Å². The summed E-state index contributed by atoms with van der Waals surface area (Å²) in [7, 11) is 0. The number of fused-ring (bicyclic) bond motifs is 1. The zero-order valence-electron chi connectivity index (χ0n) is 15.0. The molecule has 1 amide bonds. The molecule has 0 bridgehead atoms. The first kappa shape index (κ1) is 16.7. The molecule has 0 radical (unpaired) electrons. The number of hydrogen-bond donors (Lipinski definition) is 1. The van der Waals surface area contributed by atoms with Gasteiger partial charge < -0.3 is 10.2 Å². The van der Waals surface area contributed by atoms with Crippen molar-refractivity contribution < 1.29 is 4.79 Å². The van der Waals surface area contributed by atoms with Crippen molar-refractivity contribution in [3.63, 3.8) is 0 Å². The molecule has 25 heavy (non-hydrogen) atoms. The molecule has 4 heterocycles. The Balaban J connectivity index is 1.73. The highest BCUT2D eigenvalue weighted by molar-refractivity contribution is 7.18. The maximum Gasteiger partial charge on any atom is 0.239 e. The monoisotopic (exact) mass is 359 g/mol. The zero-order chi connectivity index (χ0) is 17.4. The van der Waals surface area contributed by atoms with E-state index in [-0.39, 0.29) is 5.91 Å². The van der Waals surface area contributed by atoms with E-state index in [0.717, 1.165) is 48.0 Å². The smallest absolute Gasteiger partial charge is 0.239 e. The summed E-state index contributed by atoms with van der Waals surface area (Å²) in [5, 5.41) is 4.02. The van der Waals surface area contributed by atoms with E-state index < -0.39 is 0 Å². The zero-order valence-corrected chi connectivity index (χ0v) is 15.8. The van der Waals surface area contributed by atoms with Gasteiger partial charge in [-0.15, -0.1) is 11.3 Å². The summed E-state index contributed by atoms with van der Waals surface area (Å²) in [4.78, 5) is 28.6. The van der Waals surface area contributed by atoms with Crippen LogP contribution in [-0.2, 0) is 11.3 Å². The lowest BCUT2D eigenvalue weighted by atomic mass is 10.1. The SMILES string of the molecule is Cc1sc2nc(CN3CCCCC3)nc(N3CCNC(=O)C3)c2c1C. The first-order valence-electron chi connectivity index (χ1n) is 9.12. The molecule has 2 fully saturated rings. The van der Waals surface area contributed by atoms with E-state index in [1.165, 1.54) is 29.7 Å². The molecule has 0 spiro atoms. The highest BCUT2D eigenvalue weighted by Crippen LogP contribution is 2.35. The Morgan fingerprint density at radius 3 is 2.68 bits per heavy atom. The average molecular weight is 359 g/mol. The van der Waals surface area contributed by atoms with Crippen LogP contribution in [0, 0.1) is 13.8 Å². The van der Waals surface area contributed by atoms with Crippen LogP contribution < -0.4 is 10.2 Å². The van der Waals surface area contributed by atoms with E-state index in [2.05, 4.69) is 29.0 Å².